The molecule has 1 unspecified atom stereocenters. The SMILES string of the molecule is O=C1NC(O)[C@@H](O)[C@H](O)C(=O)N1O. The Balaban J connectivity index is 2.92. The molecular formula is C5H8N2O6. The molecule has 3 amide bonds. The van der Waals surface area contributed by atoms with E-state index in [1.54, 1.807) is 5.32 Å². The van der Waals surface area contributed by atoms with Crippen LogP contribution < -0.4 is 5.32 Å². The lowest BCUT2D eigenvalue weighted by atomic mass is 10.2. The van der Waals surface area contributed by atoms with E-state index in [0.29, 0.717) is 0 Å². The normalized spacial score (nSPS) is 35.7. The number of nitrogens with zero attached hydrogens (tertiary/aromatic N) is 1. The number of amides is 3. The van der Waals surface area contributed by atoms with Gasteiger partial charge >= 0.3 is 6.03 Å². The summed E-state index contributed by atoms with van der Waals surface area (Å²) in [6.45, 7) is 0. The van der Waals surface area contributed by atoms with Gasteiger partial charge in [0, 0.05) is 0 Å². The van der Waals surface area contributed by atoms with Crippen molar-refractivity contribution in [2.45, 2.75) is 18.4 Å². The molecule has 8 nitrogen and oxygen atoms in total. The van der Waals surface area contributed by atoms with Crippen molar-refractivity contribution in [2.75, 3.05) is 0 Å². The minimum atomic E-state index is -2.04. The number of imide groups is 1. The number of hydrogen-bond acceptors (Lipinski definition) is 6. The number of aliphatic hydroxyl groups excluding tert-OH is 3. The summed E-state index contributed by atoms with van der Waals surface area (Å²) in [6.07, 6.45) is -5.71. The molecule has 8 heteroatoms. The molecule has 13 heavy (non-hydrogen) atoms. The summed E-state index contributed by atoms with van der Waals surface area (Å²) in [7, 11) is 0. The maximum Gasteiger partial charge on any atom is 0.350 e. The van der Waals surface area contributed by atoms with Gasteiger partial charge in [0.1, 0.15) is 6.10 Å². The first-order valence-electron chi connectivity index (χ1n) is 3.32. The number of rotatable bonds is 0. The highest BCUT2D eigenvalue weighted by Crippen LogP contribution is 2.06. The van der Waals surface area contributed by atoms with Crippen LogP contribution in [0.4, 0.5) is 4.79 Å². The Morgan fingerprint density at radius 2 is 1.77 bits per heavy atom. The topological polar surface area (TPSA) is 130 Å². The average molecular weight is 192 g/mol. The van der Waals surface area contributed by atoms with Gasteiger partial charge in [0.25, 0.3) is 5.91 Å². The van der Waals surface area contributed by atoms with Gasteiger partial charge in [-0.1, -0.05) is 0 Å². The molecule has 1 rings (SSSR count). The summed E-state index contributed by atoms with van der Waals surface area (Å²) in [6, 6.07) is -1.31. The molecule has 0 aliphatic carbocycles. The van der Waals surface area contributed by atoms with Gasteiger partial charge in [-0.05, 0) is 0 Å². The van der Waals surface area contributed by atoms with Crippen LogP contribution in [0.1, 0.15) is 0 Å². The molecule has 0 spiro atoms. The van der Waals surface area contributed by atoms with Crippen LogP contribution in [-0.2, 0) is 4.79 Å². The fourth-order valence-electron chi connectivity index (χ4n) is 0.817. The zero-order valence-corrected chi connectivity index (χ0v) is 6.28. The van der Waals surface area contributed by atoms with Crippen molar-refractivity contribution in [2.24, 2.45) is 0 Å². The third-order valence-corrected chi connectivity index (χ3v) is 1.57. The predicted molar refractivity (Wildman–Crippen MR) is 35.2 cm³/mol. The first-order chi connectivity index (χ1) is 5.95. The molecular weight excluding hydrogens is 184 g/mol. The standard InChI is InChI=1S/C5H8N2O6/c8-1-2(9)4(11)7(13)5(12)6-3(1)10/h1-3,8-10,13H,(H,6,12)/t1-,2-,3?/m0/s1. The molecule has 0 aromatic carbocycles. The van der Waals surface area contributed by atoms with Crippen LogP contribution in [0, 0.1) is 0 Å². The Kier molecular flexibility index (Phi) is 2.48. The number of carbonyl (C=O) groups excluding carboxylic acids is 2. The summed E-state index contributed by atoms with van der Waals surface area (Å²) in [5.74, 6) is -1.40. The monoisotopic (exact) mass is 192 g/mol. The van der Waals surface area contributed by atoms with Gasteiger partial charge in [-0.25, -0.2) is 4.79 Å². The van der Waals surface area contributed by atoms with Crippen LogP contribution in [0.25, 0.3) is 0 Å². The van der Waals surface area contributed by atoms with Gasteiger partial charge in [0.2, 0.25) is 0 Å². The van der Waals surface area contributed by atoms with Crippen LogP contribution in [0.5, 0.6) is 0 Å². The summed E-state index contributed by atoms with van der Waals surface area (Å²) >= 11 is 0. The smallest absolute Gasteiger partial charge is 0.350 e. The van der Waals surface area contributed by atoms with Gasteiger partial charge in [0.15, 0.2) is 12.3 Å². The van der Waals surface area contributed by atoms with Crippen molar-refractivity contribution >= 4 is 11.9 Å². The number of carbonyl (C=O) groups is 2. The van der Waals surface area contributed by atoms with Crippen LogP contribution >= 0.6 is 0 Å². The van der Waals surface area contributed by atoms with Gasteiger partial charge in [-0.2, -0.15) is 0 Å². The van der Waals surface area contributed by atoms with Gasteiger partial charge < -0.3 is 20.6 Å². The van der Waals surface area contributed by atoms with Crippen LogP contribution in [-0.4, -0.2) is 56.0 Å². The van der Waals surface area contributed by atoms with E-state index in [1.165, 1.54) is 0 Å². The molecule has 1 heterocycles. The molecule has 0 saturated carbocycles. The molecule has 1 aliphatic rings. The fraction of sp³-hybridized carbons (Fsp3) is 0.600. The molecule has 1 saturated heterocycles. The molecule has 5 N–H and O–H groups in total. The van der Waals surface area contributed by atoms with Crippen molar-refractivity contribution in [3.63, 3.8) is 0 Å². The number of hydrogen-bond donors (Lipinski definition) is 5. The number of nitrogens with one attached hydrogen (secondary N) is 1. The second-order valence-electron chi connectivity index (χ2n) is 2.48. The molecule has 0 radical (unpaired) electrons. The zero-order chi connectivity index (χ0) is 10.2. The van der Waals surface area contributed by atoms with Gasteiger partial charge in [-0.3, -0.25) is 10.0 Å². The second kappa shape index (κ2) is 3.26. The summed E-state index contributed by atoms with van der Waals surface area (Å²) in [5.41, 5.74) is 0. The highest BCUT2D eigenvalue weighted by molar-refractivity contribution is 5.96. The van der Waals surface area contributed by atoms with E-state index >= 15 is 0 Å². The second-order valence-corrected chi connectivity index (χ2v) is 2.48. The van der Waals surface area contributed by atoms with Crippen molar-refractivity contribution in [1.29, 1.82) is 0 Å². The third kappa shape index (κ3) is 1.60. The van der Waals surface area contributed by atoms with E-state index in [0.717, 1.165) is 0 Å². The fourth-order valence-corrected chi connectivity index (χ4v) is 0.817. The highest BCUT2D eigenvalue weighted by atomic mass is 16.5. The van der Waals surface area contributed by atoms with Crippen molar-refractivity contribution in [1.82, 2.24) is 10.4 Å². The quantitative estimate of drug-likeness (QED) is 0.259. The van der Waals surface area contributed by atoms with E-state index in [9.17, 15) is 9.59 Å². The van der Waals surface area contributed by atoms with E-state index in [2.05, 4.69) is 0 Å². The molecule has 1 fully saturated rings. The van der Waals surface area contributed by atoms with Crippen molar-refractivity contribution < 1.29 is 30.1 Å². The van der Waals surface area contributed by atoms with Gasteiger partial charge in [-0.15, -0.1) is 5.06 Å². The molecule has 74 valence electrons. The minimum Gasteiger partial charge on any atom is -0.385 e. The lowest BCUT2D eigenvalue weighted by Crippen LogP contribution is -2.46. The number of aliphatic hydroxyl groups is 3. The Morgan fingerprint density at radius 1 is 1.23 bits per heavy atom. The molecule has 0 aromatic rings. The zero-order valence-electron chi connectivity index (χ0n) is 6.28. The Morgan fingerprint density at radius 3 is 2.31 bits per heavy atom. The van der Waals surface area contributed by atoms with Crippen LogP contribution in [0.3, 0.4) is 0 Å². The molecule has 1 aliphatic heterocycles. The van der Waals surface area contributed by atoms with Crippen LogP contribution in [0.15, 0.2) is 0 Å². The summed E-state index contributed by atoms with van der Waals surface area (Å²) < 4.78 is 0. The van der Waals surface area contributed by atoms with Gasteiger partial charge in [0.05, 0.1) is 0 Å². The Bertz CT molecular complexity index is 243. The summed E-state index contributed by atoms with van der Waals surface area (Å²) in [4.78, 5) is 21.5. The van der Waals surface area contributed by atoms with Crippen LogP contribution in [0.2, 0.25) is 0 Å². The van der Waals surface area contributed by atoms with Crippen molar-refractivity contribution in [3.8, 4) is 0 Å². The average Bonchev–Trinajstić information content (AvgIpc) is 2.15. The largest absolute Gasteiger partial charge is 0.385 e. The molecule has 0 aromatic heterocycles. The lowest BCUT2D eigenvalue weighted by Gasteiger charge is -2.16. The lowest BCUT2D eigenvalue weighted by molar-refractivity contribution is -0.167. The van der Waals surface area contributed by atoms with Crippen molar-refractivity contribution in [3.05, 3.63) is 0 Å². The maximum atomic E-state index is 10.8. The summed E-state index contributed by atoms with van der Waals surface area (Å²) in [5, 5.41) is 36.8. The molecule has 0 bridgehead atoms. The third-order valence-electron chi connectivity index (χ3n) is 1.57. The maximum absolute atomic E-state index is 10.8. The number of urea groups is 1. The Hall–Kier alpha value is -1.22. The predicted octanol–water partition coefficient (Wildman–Crippen LogP) is -3.03. The first kappa shape index (κ1) is 9.86. The van der Waals surface area contributed by atoms with E-state index in [1.807, 2.05) is 0 Å². The highest BCUT2D eigenvalue weighted by Gasteiger charge is 2.40. The number of hydroxylamine groups is 2. The Labute approximate surface area is 72.0 Å². The first-order valence-corrected chi connectivity index (χ1v) is 3.32. The van der Waals surface area contributed by atoms with E-state index in [4.69, 9.17) is 20.5 Å². The molecule has 3 atom stereocenters. The minimum absolute atomic E-state index is 0.413. The van der Waals surface area contributed by atoms with E-state index in [-0.39, 0.29) is 0 Å². The van der Waals surface area contributed by atoms with E-state index < -0.39 is 35.4 Å².